The molecule has 1 N–H and O–H groups in total. The predicted molar refractivity (Wildman–Crippen MR) is 62.7 cm³/mol. The fourth-order valence-corrected chi connectivity index (χ4v) is 4.35. The molecular weight excluding hydrogens is 246 g/mol. The van der Waals surface area contributed by atoms with Crippen molar-refractivity contribution in [3.8, 4) is 0 Å². The summed E-state index contributed by atoms with van der Waals surface area (Å²) < 4.78 is 11.8. The summed E-state index contributed by atoms with van der Waals surface area (Å²) in [6, 6.07) is 0. The van der Waals surface area contributed by atoms with Crippen LogP contribution in [0.1, 0.15) is 24.1 Å². The first-order valence-electron chi connectivity index (χ1n) is 5.04. The van der Waals surface area contributed by atoms with E-state index in [2.05, 4.69) is 4.98 Å². The van der Waals surface area contributed by atoms with E-state index in [0.29, 0.717) is 11.5 Å². The highest BCUT2D eigenvalue weighted by Crippen LogP contribution is 2.49. The van der Waals surface area contributed by atoms with Gasteiger partial charge in [-0.1, -0.05) is 0 Å². The minimum absolute atomic E-state index is 0.154. The Morgan fingerprint density at radius 2 is 2.38 bits per heavy atom. The van der Waals surface area contributed by atoms with Gasteiger partial charge in [0.1, 0.15) is 0 Å². The summed E-state index contributed by atoms with van der Waals surface area (Å²) in [5.74, 6) is 0.232. The second-order valence-corrected chi connectivity index (χ2v) is 6.69. The lowest BCUT2D eigenvalue weighted by Gasteiger charge is -2.10. The molecule has 88 valence electrons. The number of aliphatic carboxylic acids is 1. The van der Waals surface area contributed by atoms with Crippen LogP contribution in [-0.2, 0) is 21.3 Å². The summed E-state index contributed by atoms with van der Waals surface area (Å²) in [6.07, 6.45) is 3.67. The van der Waals surface area contributed by atoms with Crippen LogP contribution < -0.4 is 0 Å². The first-order chi connectivity index (χ1) is 7.60. The third kappa shape index (κ3) is 3.12. The monoisotopic (exact) mass is 259 g/mol. The molecule has 0 spiro atoms. The molecule has 0 radical (unpaired) electrons. The molecule has 4 nitrogen and oxygen atoms in total. The maximum absolute atomic E-state index is 11.8. The molecule has 0 saturated heterocycles. The molecule has 2 rings (SSSR count). The average molecular weight is 259 g/mol. The van der Waals surface area contributed by atoms with E-state index in [4.69, 9.17) is 5.11 Å². The van der Waals surface area contributed by atoms with E-state index in [-0.39, 0.29) is 11.8 Å². The van der Waals surface area contributed by atoms with Crippen molar-refractivity contribution in [2.45, 2.75) is 25.0 Å². The van der Waals surface area contributed by atoms with Crippen LogP contribution in [0.5, 0.6) is 0 Å². The Morgan fingerprint density at radius 3 is 2.88 bits per heavy atom. The van der Waals surface area contributed by atoms with Gasteiger partial charge in [0, 0.05) is 27.6 Å². The zero-order valence-electron chi connectivity index (χ0n) is 8.72. The largest absolute Gasteiger partial charge is 0.481 e. The Bertz CT molecular complexity index is 398. The molecule has 1 unspecified atom stereocenters. The molecule has 1 fully saturated rings. The number of hydrogen-bond donors (Lipinski definition) is 1. The highest BCUT2D eigenvalue weighted by atomic mass is 32.2. The smallest absolute Gasteiger partial charge is 0.303 e. The summed E-state index contributed by atoms with van der Waals surface area (Å²) in [5.41, 5.74) is 1.54. The Kier molecular flexibility index (Phi) is 3.39. The van der Waals surface area contributed by atoms with Crippen molar-refractivity contribution >= 4 is 28.1 Å². The first-order valence-corrected chi connectivity index (χ1v) is 7.41. The van der Waals surface area contributed by atoms with Crippen LogP contribution in [0.25, 0.3) is 0 Å². The molecular formula is C10H13NO3S2. The Balaban J connectivity index is 1.85. The molecule has 1 aromatic rings. The predicted octanol–water partition coefficient (Wildman–Crippen LogP) is 1.65. The van der Waals surface area contributed by atoms with Crippen LogP contribution in [0.2, 0.25) is 0 Å². The summed E-state index contributed by atoms with van der Waals surface area (Å²) in [7, 11) is -0.966. The molecule has 16 heavy (non-hydrogen) atoms. The fraction of sp³-hybridized carbons (Fsp3) is 0.600. The van der Waals surface area contributed by atoms with Crippen molar-refractivity contribution in [2.75, 3.05) is 5.75 Å². The first kappa shape index (κ1) is 11.7. The quantitative estimate of drug-likeness (QED) is 0.843. The molecule has 0 aliphatic heterocycles. The minimum Gasteiger partial charge on any atom is -0.481 e. The van der Waals surface area contributed by atoms with Crippen LogP contribution in [0, 0.1) is 5.41 Å². The average Bonchev–Trinajstić information content (AvgIpc) is 2.74. The van der Waals surface area contributed by atoms with Gasteiger partial charge < -0.3 is 5.11 Å². The van der Waals surface area contributed by atoms with E-state index in [0.717, 1.165) is 17.7 Å². The summed E-state index contributed by atoms with van der Waals surface area (Å²) >= 11 is 1.49. The van der Waals surface area contributed by atoms with Crippen LogP contribution in [0.4, 0.5) is 0 Å². The van der Waals surface area contributed by atoms with Gasteiger partial charge in [0.05, 0.1) is 17.7 Å². The maximum atomic E-state index is 11.8. The second kappa shape index (κ2) is 4.63. The summed E-state index contributed by atoms with van der Waals surface area (Å²) in [6.45, 7) is 0. The summed E-state index contributed by atoms with van der Waals surface area (Å²) in [4.78, 5) is 15.6. The lowest BCUT2D eigenvalue weighted by molar-refractivity contribution is -0.138. The van der Waals surface area contributed by atoms with Gasteiger partial charge in [-0.05, 0) is 18.3 Å². The number of nitrogens with zero attached hydrogens (tertiary/aromatic N) is 1. The van der Waals surface area contributed by atoms with Gasteiger partial charge >= 0.3 is 5.97 Å². The SMILES string of the molecule is O=C(O)CC1(CS(=O)Cc2cncs2)CC1. The number of carbonyl (C=O) groups is 1. The van der Waals surface area contributed by atoms with Crippen LogP contribution in [-0.4, -0.2) is 26.0 Å². The van der Waals surface area contributed by atoms with Crippen molar-refractivity contribution in [2.24, 2.45) is 5.41 Å². The van der Waals surface area contributed by atoms with Gasteiger partial charge in [-0.3, -0.25) is 14.0 Å². The Morgan fingerprint density at radius 1 is 1.62 bits per heavy atom. The molecule has 1 aromatic heterocycles. The van der Waals surface area contributed by atoms with Gasteiger partial charge in [-0.15, -0.1) is 11.3 Å². The third-order valence-corrected chi connectivity index (χ3v) is 5.27. The molecule has 1 atom stereocenters. The lowest BCUT2D eigenvalue weighted by atomic mass is 10.1. The Labute approximate surface area is 100 Å². The van der Waals surface area contributed by atoms with Crippen molar-refractivity contribution in [1.29, 1.82) is 0 Å². The number of carboxylic acid groups (broad SMARTS) is 1. The summed E-state index contributed by atoms with van der Waals surface area (Å²) in [5, 5.41) is 8.75. The number of hydrogen-bond acceptors (Lipinski definition) is 4. The molecule has 0 aromatic carbocycles. The van der Waals surface area contributed by atoms with Gasteiger partial charge in [0.15, 0.2) is 0 Å². The van der Waals surface area contributed by atoms with E-state index in [9.17, 15) is 9.00 Å². The fourth-order valence-electron chi connectivity index (χ4n) is 1.73. The maximum Gasteiger partial charge on any atom is 0.303 e. The van der Waals surface area contributed by atoms with Gasteiger partial charge in [-0.25, -0.2) is 0 Å². The van der Waals surface area contributed by atoms with E-state index in [1.807, 2.05) is 0 Å². The molecule has 1 saturated carbocycles. The zero-order chi connectivity index (χ0) is 11.6. The van der Waals surface area contributed by atoms with Crippen LogP contribution in [0.3, 0.4) is 0 Å². The van der Waals surface area contributed by atoms with Crippen molar-refractivity contribution in [3.05, 3.63) is 16.6 Å². The van der Waals surface area contributed by atoms with Gasteiger partial charge in [0.25, 0.3) is 0 Å². The molecule has 1 aliphatic carbocycles. The number of rotatable bonds is 6. The normalized spacial score (nSPS) is 19.2. The second-order valence-electron chi connectivity index (χ2n) is 4.27. The van der Waals surface area contributed by atoms with Gasteiger partial charge in [0.2, 0.25) is 0 Å². The van der Waals surface area contributed by atoms with Crippen molar-refractivity contribution in [1.82, 2.24) is 4.98 Å². The van der Waals surface area contributed by atoms with Gasteiger partial charge in [-0.2, -0.15) is 0 Å². The zero-order valence-corrected chi connectivity index (χ0v) is 10.4. The lowest BCUT2D eigenvalue weighted by Crippen LogP contribution is -2.17. The third-order valence-electron chi connectivity index (χ3n) is 2.74. The van der Waals surface area contributed by atoms with E-state index in [1.165, 1.54) is 11.3 Å². The highest BCUT2D eigenvalue weighted by molar-refractivity contribution is 7.84. The molecule has 6 heteroatoms. The van der Waals surface area contributed by atoms with E-state index in [1.54, 1.807) is 11.7 Å². The number of aromatic nitrogens is 1. The topological polar surface area (TPSA) is 67.3 Å². The van der Waals surface area contributed by atoms with Crippen LogP contribution in [0.15, 0.2) is 11.7 Å². The molecule has 0 amide bonds. The standard InChI is InChI=1S/C10H13NO3S2/c12-9(13)3-10(1-2-10)6-16(14)5-8-4-11-7-15-8/h4,7H,1-3,5-6H2,(H,12,13). The van der Waals surface area contributed by atoms with Crippen molar-refractivity contribution in [3.63, 3.8) is 0 Å². The van der Waals surface area contributed by atoms with Crippen molar-refractivity contribution < 1.29 is 14.1 Å². The van der Waals surface area contributed by atoms with E-state index >= 15 is 0 Å². The number of thiazole rings is 1. The highest BCUT2D eigenvalue weighted by Gasteiger charge is 2.45. The Hall–Kier alpha value is -0.750. The number of carboxylic acids is 1. The van der Waals surface area contributed by atoms with E-state index < -0.39 is 16.8 Å². The minimum atomic E-state index is -0.966. The van der Waals surface area contributed by atoms with Crippen LogP contribution >= 0.6 is 11.3 Å². The molecule has 0 bridgehead atoms. The molecule has 1 heterocycles. The molecule has 1 aliphatic rings.